The zero-order valence-corrected chi connectivity index (χ0v) is 33.1. The van der Waals surface area contributed by atoms with Crippen LogP contribution in [0.5, 0.6) is 0 Å². The van der Waals surface area contributed by atoms with Crippen molar-refractivity contribution in [2.24, 2.45) is 0 Å². The summed E-state index contributed by atoms with van der Waals surface area (Å²) in [6.07, 6.45) is 25.7. The fourth-order valence-corrected chi connectivity index (χ4v) is 6.45. The van der Waals surface area contributed by atoms with Gasteiger partial charge in [-0.1, -0.05) is 129 Å². The number of anilines is 4. The average Bonchev–Trinajstić information content (AvgIpc) is 3.18. The SMILES string of the molecule is CCCCCCCCCCCCC(=O)Nc1ccc(NC(=O)c2ccc(C(=O)Nc3ccc(NC(=O)CCCCCCCCCCCC)cc3)cc2)cc1. The summed E-state index contributed by atoms with van der Waals surface area (Å²) in [5.74, 6) is -0.590. The molecule has 0 unspecified atom stereocenters. The maximum atomic E-state index is 12.9. The Kier molecular flexibility index (Phi) is 22.1. The number of nitrogens with one attached hydrogen (secondary N) is 4. The second-order valence-corrected chi connectivity index (χ2v) is 14.6. The molecule has 294 valence electrons. The first-order chi connectivity index (χ1) is 26.4. The molecule has 4 N–H and O–H groups in total. The molecule has 0 saturated carbocycles. The lowest BCUT2D eigenvalue weighted by Crippen LogP contribution is -2.15. The fourth-order valence-electron chi connectivity index (χ4n) is 6.45. The first kappa shape index (κ1) is 43.9. The van der Waals surface area contributed by atoms with Gasteiger partial charge in [0.15, 0.2) is 0 Å². The Morgan fingerprint density at radius 3 is 0.852 bits per heavy atom. The first-order valence-electron chi connectivity index (χ1n) is 20.9. The molecule has 3 aromatic carbocycles. The number of hydrogen-bond acceptors (Lipinski definition) is 4. The lowest BCUT2D eigenvalue weighted by Gasteiger charge is -2.10. The third kappa shape index (κ3) is 19.0. The first-order valence-corrected chi connectivity index (χ1v) is 20.9. The van der Waals surface area contributed by atoms with E-state index in [9.17, 15) is 19.2 Å². The molecule has 0 bridgehead atoms. The van der Waals surface area contributed by atoms with Gasteiger partial charge in [-0.05, 0) is 85.6 Å². The fraction of sp³-hybridized carbons (Fsp3) is 0.522. The molecule has 0 radical (unpaired) electrons. The van der Waals surface area contributed by atoms with Crippen LogP contribution in [0.15, 0.2) is 72.8 Å². The van der Waals surface area contributed by atoms with Crippen molar-refractivity contribution in [1.29, 1.82) is 0 Å². The van der Waals surface area contributed by atoms with Gasteiger partial charge in [0.05, 0.1) is 0 Å². The molecular formula is C46H66N4O4. The van der Waals surface area contributed by atoms with Gasteiger partial charge < -0.3 is 21.3 Å². The van der Waals surface area contributed by atoms with Gasteiger partial charge in [-0.15, -0.1) is 0 Å². The molecule has 0 aliphatic heterocycles. The maximum Gasteiger partial charge on any atom is 0.255 e. The van der Waals surface area contributed by atoms with Crippen LogP contribution in [0.1, 0.15) is 176 Å². The summed E-state index contributed by atoms with van der Waals surface area (Å²) in [5.41, 5.74) is 3.43. The van der Waals surface area contributed by atoms with Crippen LogP contribution in [0, 0.1) is 0 Å². The summed E-state index contributed by atoms with van der Waals surface area (Å²) in [4.78, 5) is 50.5. The molecule has 0 saturated heterocycles. The van der Waals surface area contributed by atoms with Gasteiger partial charge in [0.2, 0.25) is 11.8 Å². The van der Waals surface area contributed by atoms with Gasteiger partial charge in [-0.25, -0.2) is 0 Å². The van der Waals surface area contributed by atoms with Gasteiger partial charge in [0.25, 0.3) is 11.8 Å². The van der Waals surface area contributed by atoms with Crippen molar-refractivity contribution in [2.45, 2.75) is 155 Å². The lowest BCUT2D eigenvalue weighted by molar-refractivity contribution is -0.117. The van der Waals surface area contributed by atoms with Gasteiger partial charge >= 0.3 is 0 Å². The molecule has 54 heavy (non-hydrogen) atoms. The van der Waals surface area contributed by atoms with E-state index >= 15 is 0 Å². The Labute approximate surface area is 325 Å². The van der Waals surface area contributed by atoms with E-state index in [0.717, 1.165) is 25.7 Å². The Morgan fingerprint density at radius 2 is 0.574 bits per heavy atom. The molecule has 4 amide bonds. The molecule has 0 atom stereocenters. The molecule has 8 nitrogen and oxygen atoms in total. The highest BCUT2D eigenvalue weighted by Crippen LogP contribution is 2.19. The number of unbranched alkanes of at least 4 members (excludes halogenated alkanes) is 18. The van der Waals surface area contributed by atoms with Crippen LogP contribution >= 0.6 is 0 Å². The minimum absolute atomic E-state index is 0.00557. The second-order valence-electron chi connectivity index (χ2n) is 14.6. The van der Waals surface area contributed by atoms with Crippen LogP contribution in [0.2, 0.25) is 0 Å². The van der Waals surface area contributed by atoms with Gasteiger partial charge in [-0.3, -0.25) is 19.2 Å². The lowest BCUT2D eigenvalue weighted by atomic mass is 10.1. The Morgan fingerprint density at radius 1 is 0.333 bits per heavy atom. The van der Waals surface area contributed by atoms with E-state index in [1.165, 1.54) is 103 Å². The van der Waals surface area contributed by atoms with Crippen molar-refractivity contribution in [1.82, 2.24) is 0 Å². The Hall–Kier alpha value is -4.46. The van der Waals surface area contributed by atoms with Gasteiger partial charge in [0, 0.05) is 46.7 Å². The topological polar surface area (TPSA) is 116 Å². The zero-order chi connectivity index (χ0) is 38.6. The standard InChI is InChI=1S/C46H66N4O4/c1-3-5-7-9-11-13-15-17-19-21-23-43(51)47-39-29-33-41(34-30-39)49-45(53)37-25-27-38(28-26-37)46(54)50-42-35-31-40(32-36-42)48-44(52)24-22-20-18-16-14-12-10-8-6-4-2/h25-36H,3-24H2,1-2H3,(H,47,51)(H,48,52)(H,49,53)(H,50,54). The number of benzene rings is 3. The number of carbonyl (C=O) groups excluding carboxylic acids is 4. The van der Waals surface area contributed by atoms with Gasteiger partial charge in [-0.2, -0.15) is 0 Å². The van der Waals surface area contributed by atoms with Crippen LogP contribution in [0.3, 0.4) is 0 Å². The van der Waals surface area contributed by atoms with E-state index in [1.54, 1.807) is 72.8 Å². The van der Waals surface area contributed by atoms with Crippen LogP contribution in [0.25, 0.3) is 0 Å². The number of hydrogen-bond donors (Lipinski definition) is 4. The highest BCUT2D eigenvalue weighted by molar-refractivity contribution is 6.07. The van der Waals surface area contributed by atoms with Crippen molar-refractivity contribution in [3.63, 3.8) is 0 Å². The predicted octanol–water partition coefficient (Wildman–Crippen LogP) is 12.7. The maximum absolute atomic E-state index is 12.9. The molecule has 0 aliphatic rings. The molecule has 0 fully saturated rings. The van der Waals surface area contributed by atoms with Crippen molar-refractivity contribution in [2.75, 3.05) is 21.3 Å². The largest absolute Gasteiger partial charge is 0.326 e. The quantitative estimate of drug-likeness (QED) is 0.0555. The smallest absolute Gasteiger partial charge is 0.255 e. The van der Waals surface area contributed by atoms with E-state index in [0.29, 0.717) is 46.7 Å². The highest BCUT2D eigenvalue weighted by atomic mass is 16.2. The minimum atomic E-state index is -0.300. The molecule has 0 heterocycles. The third-order valence-electron chi connectivity index (χ3n) is 9.78. The van der Waals surface area contributed by atoms with Crippen molar-refractivity contribution in [3.8, 4) is 0 Å². The molecule has 3 rings (SSSR count). The summed E-state index contributed by atoms with van der Waals surface area (Å²) in [5, 5.41) is 11.6. The molecule has 0 aliphatic carbocycles. The predicted molar refractivity (Wildman–Crippen MR) is 225 cm³/mol. The van der Waals surface area contributed by atoms with E-state index in [-0.39, 0.29) is 23.6 Å². The Balaban J connectivity index is 1.30. The third-order valence-corrected chi connectivity index (χ3v) is 9.78. The minimum Gasteiger partial charge on any atom is -0.326 e. The van der Waals surface area contributed by atoms with Gasteiger partial charge in [0.1, 0.15) is 0 Å². The van der Waals surface area contributed by atoms with Crippen molar-refractivity contribution >= 4 is 46.4 Å². The summed E-state index contributed by atoms with van der Waals surface area (Å²) in [6, 6.07) is 20.6. The normalized spacial score (nSPS) is 10.9. The van der Waals surface area contributed by atoms with Crippen LogP contribution in [0.4, 0.5) is 22.7 Å². The number of amides is 4. The molecule has 3 aromatic rings. The summed E-state index contributed by atoms with van der Waals surface area (Å²) in [7, 11) is 0. The summed E-state index contributed by atoms with van der Waals surface area (Å²) < 4.78 is 0. The summed E-state index contributed by atoms with van der Waals surface area (Å²) >= 11 is 0. The molecule has 0 aromatic heterocycles. The van der Waals surface area contributed by atoms with Crippen LogP contribution in [-0.2, 0) is 9.59 Å². The molecular weight excluding hydrogens is 673 g/mol. The van der Waals surface area contributed by atoms with Crippen molar-refractivity contribution < 1.29 is 19.2 Å². The number of carbonyl (C=O) groups is 4. The molecule has 8 heteroatoms. The average molecular weight is 739 g/mol. The van der Waals surface area contributed by atoms with E-state index in [2.05, 4.69) is 35.1 Å². The monoisotopic (exact) mass is 739 g/mol. The van der Waals surface area contributed by atoms with Crippen molar-refractivity contribution in [3.05, 3.63) is 83.9 Å². The number of rotatable bonds is 28. The van der Waals surface area contributed by atoms with E-state index < -0.39 is 0 Å². The Bertz CT molecular complexity index is 1390. The zero-order valence-electron chi connectivity index (χ0n) is 33.1. The van der Waals surface area contributed by atoms with E-state index in [1.807, 2.05) is 0 Å². The molecule has 0 spiro atoms. The summed E-state index contributed by atoms with van der Waals surface area (Å²) in [6.45, 7) is 4.48. The second kappa shape index (κ2) is 27.2. The van der Waals surface area contributed by atoms with Crippen LogP contribution in [-0.4, -0.2) is 23.6 Å². The van der Waals surface area contributed by atoms with E-state index in [4.69, 9.17) is 0 Å². The van der Waals surface area contributed by atoms with Crippen LogP contribution < -0.4 is 21.3 Å². The highest BCUT2D eigenvalue weighted by Gasteiger charge is 2.11.